The average Bonchev–Trinajstić information content (AvgIpc) is 3.31. The van der Waals surface area contributed by atoms with Gasteiger partial charge in [-0.3, -0.25) is 24.1 Å². The summed E-state index contributed by atoms with van der Waals surface area (Å²) < 4.78 is 13.3. The molecule has 0 aromatic heterocycles. The molecule has 33 heavy (non-hydrogen) atoms. The van der Waals surface area contributed by atoms with Gasteiger partial charge < -0.3 is 16.4 Å². The number of fused-ring (bicyclic) bond motifs is 4. The van der Waals surface area contributed by atoms with E-state index in [1.165, 1.54) is 24.3 Å². The summed E-state index contributed by atoms with van der Waals surface area (Å²) in [5, 5.41) is 4.88. The van der Waals surface area contributed by atoms with Crippen molar-refractivity contribution >= 4 is 40.9 Å². The quantitative estimate of drug-likeness (QED) is 0.563. The minimum atomic E-state index is -1.44. The zero-order valence-electron chi connectivity index (χ0n) is 17.6. The first-order chi connectivity index (χ1) is 15.6. The highest BCUT2D eigenvalue weighted by Gasteiger charge is 2.74. The normalized spacial score (nSPS) is 27.8. The Morgan fingerprint density at radius 1 is 1.21 bits per heavy atom. The first kappa shape index (κ1) is 21.5. The molecule has 2 fully saturated rings. The predicted octanol–water partition coefficient (Wildman–Crippen LogP) is 0.557. The molecule has 170 valence electrons. The fourth-order valence-electron chi connectivity index (χ4n) is 5.60. The van der Waals surface area contributed by atoms with Crippen LogP contribution >= 0.6 is 11.6 Å². The van der Waals surface area contributed by atoms with Crippen LogP contribution < -0.4 is 16.4 Å². The monoisotopic (exact) mass is 471 g/mol. The maximum absolute atomic E-state index is 13.7. The van der Waals surface area contributed by atoms with Gasteiger partial charge in [0.1, 0.15) is 23.7 Å². The number of carbonyl (C=O) groups excluding carboxylic acids is 4. The lowest BCUT2D eigenvalue weighted by Crippen LogP contribution is -2.99. The van der Waals surface area contributed by atoms with Crippen molar-refractivity contribution in [3.63, 3.8) is 0 Å². The standard InChI is InChI=1S/C23H20ClFN4O4/c1-10-6-12(24)7-14-19(10)27-22(33)23(14)18-17(15(28-23)8-16(26)30)20(31)29(21(18)32)9-11-2-4-13(25)5-3-11/h2-7,15,17-18,28H,8-9H2,1H3,(H2,26,30)(H,27,33)/p+1/t15-,17+,18-,23+/m0/s1. The number of benzene rings is 2. The number of carbonyl (C=O) groups is 4. The number of amides is 4. The molecule has 3 heterocycles. The molecule has 8 nitrogen and oxygen atoms in total. The summed E-state index contributed by atoms with van der Waals surface area (Å²) in [5.74, 6) is -4.45. The highest BCUT2D eigenvalue weighted by molar-refractivity contribution is 6.31. The third-order valence-electron chi connectivity index (χ3n) is 6.92. The third-order valence-corrected chi connectivity index (χ3v) is 7.14. The Balaban J connectivity index is 1.62. The Hall–Kier alpha value is -3.30. The van der Waals surface area contributed by atoms with E-state index in [-0.39, 0.29) is 13.0 Å². The van der Waals surface area contributed by atoms with Gasteiger partial charge in [-0.2, -0.15) is 0 Å². The molecule has 2 aromatic carbocycles. The lowest BCUT2D eigenvalue weighted by atomic mass is 9.76. The van der Waals surface area contributed by atoms with Gasteiger partial charge >= 0.3 is 0 Å². The van der Waals surface area contributed by atoms with Crippen LogP contribution in [-0.4, -0.2) is 34.6 Å². The SMILES string of the molecule is Cc1cc(Cl)cc2c1NC(=O)[C@@]21[NH2+][C@@H](CC(N)=O)[C@H]2C(=O)N(Cc3ccc(F)cc3)C(=O)[C@H]21. The van der Waals surface area contributed by atoms with Gasteiger partial charge in [0.15, 0.2) is 0 Å². The van der Waals surface area contributed by atoms with Gasteiger partial charge in [0.05, 0.1) is 18.7 Å². The van der Waals surface area contributed by atoms with E-state index in [1.807, 2.05) is 0 Å². The van der Waals surface area contributed by atoms with E-state index >= 15 is 0 Å². The number of hydrogen-bond acceptors (Lipinski definition) is 4. The van der Waals surface area contributed by atoms with Crippen molar-refractivity contribution in [3.05, 3.63) is 63.9 Å². The van der Waals surface area contributed by atoms with Crippen LogP contribution in [0.25, 0.3) is 0 Å². The average molecular weight is 472 g/mol. The van der Waals surface area contributed by atoms with Crippen LogP contribution in [0.2, 0.25) is 5.02 Å². The van der Waals surface area contributed by atoms with Crippen molar-refractivity contribution in [1.82, 2.24) is 4.90 Å². The molecule has 5 rings (SSSR count). The van der Waals surface area contributed by atoms with Crippen LogP contribution in [0.15, 0.2) is 36.4 Å². The molecule has 10 heteroatoms. The Morgan fingerprint density at radius 3 is 2.58 bits per heavy atom. The summed E-state index contributed by atoms with van der Waals surface area (Å²) in [6.45, 7) is 1.73. The number of anilines is 1. The largest absolute Gasteiger partial charge is 0.369 e. The molecule has 0 unspecified atom stereocenters. The van der Waals surface area contributed by atoms with Crippen molar-refractivity contribution in [2.75, 3.05) is 5.32 Å². The Morgan fingerprint density at radius 2 is 1.91 bits per heavy atom. The summed E-state index contributed by atoms with van der Waals surface area (Å²) in [6, 6.07) is 8.12. The minimum Gasteiger partial charge on any atom is -0.369 e. The molecule has 0 aliphatic carbocycles. The summed E-state index contributed by atoms with van der Waals surface area (Å²) in [5.41, 5.74) is 6.37. The second kappa shape index (κ2) is 7.36. The van der Waals surface area contributed by atoms with E-state index in [0.29, 0.717) is 21.8 Å². The van der Waals surface area contributed by atoms with Crippen LogP contribution in [-0.2, 0) is 31.3 Å². The van der Waals surface area contributed by atoms with E-state index in [2.05, 4.69) is 5.32 Å². The van der Waals surface area contributed by atoms with Crippen LogP contribution in [0.1, 0.15) is 23.1 Å². The Kier molecular flexibility index (Phi) is 4.80. The number of nitrogens with zero attached hydrogens (tertiary/aromatic N) is 1. The number of aryl methyl sites for hydroxylation is 1. The number of halogens is 2. The predicted molar refractivity (Wildman–Crippen MR) is 115 cm³/mol. The van der Waals surface area contributed by atoms with Crippen LogP contribution in [0.3, 0.4) is 0 Å². The van der Waals surface area contributed by atoms with E-state index < -0.39 is 52.9 Å². The van der Waals surface area contributed by atoms with Crippen molar-refractivity contribution in [2.45, 2.75) is 31.5 Å². The van der Waals surface area contributed by atoms with Crippen molar-refractivity contribution in [1.29, 1.82) is 0 Å². The summed E-state index contributed by atoms with van der Waals surface area (Å²) in [4.78, 5) is 53.4. The van der Waals surface area contributed by atoms with Gasteiger partial charge in [0, 0.05) is 10.6 Å². The molecule has 2 aromatic rings. The molecular weight excluding hydrogens is 451 g/mol. The maximum atomic E-state index is 13.7. The number of quaternary nitrogens is 1. The number of rotatable bonds is 4. The third kappa shape index (κ3) is 3.07. The first-order valence-corrected chi connectivity index (χ1v) is 10.9. The molecule has 2 saturated heterocycles. The number of imide groups is 1. The topological polar surface area (TPSA) is 126 Å². The molecule has 3 aliphatic heterocycles. The molecule has 1 spiro atoms. The number of hydrogen-bond donors (Lipinski definition) is 3. The van der Waals surface area contributed by atoms with Crippen molar-refractivity contribution < 1.29 is 28.9 Å². The van der Waals surface area contributed by atoms with Gasteiger partial charge in [-0.1, -0.05) is 23.7 Å². The zero-order valence-corrected chi connectivity index (χ0v) is 18.4. The Labute approximate surface area is 193 Å². The van der Waals surface area contributed by atoms with Gasteiger partial charge in [0.2, 0.25) is 23.3 Å². The number of nitrogens with one attached hydrogen (secondary N) is 1. The van der Waals surface area contributed by atoms with Crippen LogP contribution in [0, 0.1) is 24.6 Å². The summed E-state index contributed by atoms with van der Waals surface area (Å²) >= 11 is 6.30. The Bertz CT molecular complexity index is 1230. The van der Waals surface area contributed by atoms with Crippen LogP contribution in [0.5, 0.6) is 0 Å². The fourth-order valence-corrected chi connectivity index (χ4v) is 5.87. The zero-order chi connectivity index (χ0) is 23.7. The van der Waals surface area contributed by atoms with E-state index in [1.54, 1.807) is 24.4 Å². The second-order valence-electron chi connectivity index (χ2n) is 8.86. The highest BCUT2D eigenvalue weighted by atomic mass is 35.5. The molecule has 0 radical (unpaired) electrons. The lowest BCUT2D eigenvalue weighted by molar-refractivity contribution is -0.732. The van der Waals surface area contributed by atoms with Gasteiger partial charge in [-0.05, 0) is 42.3 Å². The molecule has 0 bridgehead atoms. The fraction of sp³-hybridized carbons (Fsp3) is 0.304. The lowest BCUT2D eigenvalue weighted by Gasteiger charge is -2.26. The molecule has 4 atom stereocenters. The molecule has 0 saturated carbocycles. The van der Waals surface area contributed by atoms with Gasteiger partial charge in [-0.15, -0.1) is 0 Å². The van der Waals surface area contributed by atoms with Crippen molar-refractivity contribution in [2.24, 2.45) is 17.6 Å². The summed E-state index contributed by atoms with van der Waals surface area (Å²) in [6.07, 6.45) is -0.172. The smallest absolute Gasteiger partial charge is 0.291 e. The molecular formula is C23H21ClFN4O4+. The highest BCUT2D eigenvalue weighted by Crippen LogP contribution is 2.51. The van der Waals surface area contributed by atoms with Gasteiger partial charge in [-0.25, -0.2) is 4.39 Å². The molecule has 4 amide bonds. The van der Waals surface area contributed by atoms with Crippen molar-refractivity contribution in [3.8, 4) is 0 Å². The maximum Gasteiger partial charge on any atom is 0.291 e. The molecule has 5 N–H and O–H groups in total. The second-order valence-corrected chi connectivity index (χ2v) is 9.30. The number of likely N-dealkylation sites (tertiary alicyclic amines) is 1. The first-order valence-electron chi connectivity index (χ1n) is 10.5. The van der Waals surface area contributed by atoms with E-state index in [0.717, 1.165) is 10.5 Å². The minimum absolute atomic E-state index is 0.0621. The van der Waals surface area contributed by atoms with E-state index in [4.69, 9.17) is 17.3 Å². The van der Waals surface area contributed by atoms with Gasteiger partial charge in [0.25, 0.3) is 5.91 Å². The number of primary amides is 1. The number of nitrogens with two attached hydrogens (primary N) is 2. The van der Waals surface area contributed by atoms with Crippen LogP contribution in [0.4, 0.5) is 10.1 Å². The summed E-state index contributed by atoms with van der Waals surface area (Å²) in [7, 11) is 0. The van der Waals surface area contributed by atoms with E-state index in [9.17, 15) is 23.6 Å². The molecule has 3 aliphatic rings.